The molecule has 8 nitrogen and oxygen atoms in total. The molecular formula is C22H21F4N3O5. The Kier molecular flexibility index (Phi) is 6.34. The third kappa shape index (κ3) is 4.13. The highest BCUT2D eigenvalue weighted by molar-refractivity contribution is 6.03. The highest BCUT2D eigenvalue weighted by Gasteiger charge is 2.40. The number of ether oxygens (including phenoxy) is 3. The first-order chi connectivity index (χ1) is 16.2. The van der Waals surface area contributed by atoms with E-state index in [1.165, 1.54) is 11.0 Å². The Morgan fingerprint density at radius 1 is 1.06 bits per heavy atom. The third-order valence-electron chi connectivity index (χ3n) is 5.74. The smallest absolute Gasteiger partial charge is 0.435 e. The molecule has 2 aromatic rings. The van der Waals surface area contributed by atoms with Crippen molar-refractivity contribution in [2.45, 2.75) is 31.9 Å². The van der Waals surface area contributed by atoms with Gasteiger partial charge in [-0.15, -0.1) is 0 Å². The largest absolute Gasteiger partial charge is 0.466 e. The second-order valence-electron chi connectivity index (χ2n) is 7.74. The Morgan fingerprint density at radius 2 is 1.76 bits per heavy atom. The van der Waals surface area contributed by atoms with Crippen LogP contribution in [0.5, 0.6) is 0 Å². The molecule has 4 rings (SSSR count). The lowest BCUT2D eigenvalue weighted by Gasteiger charge is -2.32. The number of fused-ring (bicyclic) bond motifs is 1. The van der Waals surface area contributed by atoms with Crippen LogP contribution in [-0.2, 0) is 42.8 Å². The Labute approximate surface area is 191 Å². The summed E-state index contributed by atoms with van der Waals surface area (Å²) in [5, 5.41) is 3.86. The summed E-state index contributed by atoms with van der Waals surface area (Å²) in [6, 6.07) is 3.39. The molecule has 0 bridgehead atoms. The van der Waals surface area contributed by atoms with Gasteiger partial charge >= 0.3 is 18.1 Å². The third-order valence-corrected chi connectivity index (χ3v) is 5.74. The zero-order valence-corrected chi connectivity index (χ0v) is 18.4. The minimum Gasteiger partial charge on any atom is -0.466 e. The molecule has 182 valence electrons. The molecule has 0 saturated carbocycles. The number of aromatic nitrogens is 2. The normalized spacial score (nSPS) is 16.4. The van der Waals surface area contributed by atoms with Gasteiger partial charge in [0, 0.05) is 11.3 Å². The lowest BCUT2D eigenvalue weighted by atomic mass is 9.95. The second kappa shape index (κ2) is 9.09. The molecule has 34 heavy (non-hydrogen) atoms. The molecule has 1 aromatic heterocycles. The van der Waals surface area contributed by atoms with Crippen LogP contribution in [0, 0.1) is 5.82 Å². The van der Waals surface area contributed by atoms with Gasteiger partial charge < -0.3 is 19.1 Å². The first kappa shape index (κ1) is 23.7. The number of hydrogen-bond acceptors (Lipinski definition) is 7. The molecule has 0 N–H and O–H groups in total. The number of benzene rings is 1. The van der Waals surface area contributed by atoms with Crippen molar-refractivity contribution < 1.29 is 41.4 Å². The topological polar surface area (TPSA) is 82.9 Å². The van der Waals surface area contributed by atoms with Crippen molar-refractivity contribution >= 4 is 17.6 Å². The minimum atomic E-state index is -4.67. The van der Waals surface area contributed by atoms with Crippen LogP contribution >= 0.6 is 0 Å². The highest BCUT2D eigenvalue weighted by Crippen LogP contribution is 2.39. The summed E-state index contributed by atoms with van der Waals surface area (Å²) in [5.74, 6) is -2.50. The molecule has 12 heteroatoms. The van der Waals surface area contributed by atoms with Crippen molar-refractivity contribution in [3.63, 3.8) is 0 Å². The van der Waals surface area contributed by atoms with Crippen molar-refractivity contribution in [1.82, 2.24) is 9.78 Å². The summed E-state index contributed by atoms with van der Waals surface area (Å²) < 4.78 is 71.7. The first-order valence-electron chi connectivity index (χ1n) is 10.4. The minimum absolute atomic E-state index is 0.0221. The maximum absolute atomic E-state index is 14.4. The fourth-order valence-corrected chi connectivity index (χ4v) is 4.25. The van der Waals surface area contributed by atoms with Crippen molar-refractivity contribution in [3.8, 4) is 5.69 Å². The molecule has 0 atom stereocenters. The van der Waals surface area contributed by atoms with Gasteiger partial charge in [-0.05, 0) is 43.9 Å². The molecule has 0 unspecified atom stereocenters. The summed E-state index contributed by atoms with van der Waals surface area (Å²) in [6.45, 7) is -0.565. The van der Waals surface area contributed by atoms with E-state index in [0.717, 1.165) is 31.0 Å². The highest BCUT2D eigenvalue weighted by atomic mass is 19.4. The number of methoxy groups -OCH3 is 2. The quantitative estimate of drug-likeness (QED) is 0.488. The van der Waals surface area contributed by atoms with E-state index in [4.69, 9.17) is 14.2 Å². The summed E-state index contributed by atoms with van der Waals surface area (Å²) in [4.78, 5) is 26.1. The van der Waals surface area contributed by atoms with E-state index >= 15 is 0 Å². The second-order valence-corrected chi connectivity index (χ2v) is 7.74. The molecule has 0 saturated heterocycles. The average Bonchev–Trinajstić information content (AvgIpc) is 3.22. The SMILES string of the molecule is COC(=O)C1=C(C(=O)OC)N(c2cc(F)ccc2-n2nc(C(F)(F)F)c3c2CCCC3)COC1. The molecule has 1 aliphatic carbocycles. The zero-order valence-electron chi connectivity index (χ0n) is 18.4. The van der Waals surface area contributed by atoms with E-state index < -0.39 is 29.6 Å². The average molecular weight is 483 g/mol. The van der Waals surface area contributed by atoms with Gasteiger partial charge in [-0.1, -0.05) is 0 Å². The van der Waals surface area contributed by atoms with E-state index in [9.17, 15) is 27.2 Å². The van der Waals surface area contributed by atoms with Crippen molar-refractivity contribution in [2.24, 2.45) is 0 Å². The van der Waals surface area contributed by atoms with Gasteiger partial charge in [0.05, 0.1) is 37.8 Å². The molecule has 0 radical (unpaired) electrons. The van der Waals surface area contributed by atoms with E-state index in [0.29, 0.717) is 25.0 Å². The maximum Gasteiger partial charge on any atom is 0.435 e. The summed E-state index contributed by atoms with van der Waals surface area (Å²) >= 11 is 0. The van der Waals surface area contributed by atoms with Gasteiger partial charge in [-0.25, -0.2) is 18.7 Å². The molecule has 0 spiro atoms. The standard InChI is InChI=1S/C22H21F4N3O5/c1-32-20(30)14-10-34-11-28(18(14)21(31)33-2)17-9-12(23)7-8-16(17)29-15-6-4-3-5-13(15)19(27-29)22(24,25)26/h7-9H,3-6,10-11H2,1-2H3. The first-order valence-corrected chi connectivity index (χ1v) is 10.4. The number of halogens is 4. The lowest BCUT2D eigenvalue weighted by molar-refractivity contribution is -0.142. The van der Waals surface area contributed by atoms with Crippen LogP contribution < -0.4 is 4.90 Å². The Morgan fingerprint density at radius 3 is 2.44 bits per heavy atom. The Bertz CT molecular complexity index is 1170. The van der Waals surface area contributed by atoms with Crippen molar-refractivity contribution in [3.05, 3.63) is 52.2 Å². The monoisotopic (exact) mass is 483 g/mol. The van der Waals surface area contributed by atoms with Gasteiger partial charge in [-0.3, -0.25) is 0 Å². The van der Waals surface area contributed by atoms with Crippen LogP contribution in [0.15, 0.2) is 29.5 Å². The number of anilines is 1. The molecule has 0 fully saturated rings. The van der Waals surface area contributed by atoms with Gasteiger partial charge in [0.1, 0.15) is 18.2 Å². The van der Waals surface area contributed by atoms with Crippen LogP contribution in [0.2, 0.25) is 0 Å². The maximum atomic E-state index is 14.4. The molecule has 2 heterocycles. The molecule has 1 aliphatic heterocycles. The Balaban J connectivity index is 1.95. The number of esters is 2. The number of hydrogen-bond donors (Lipinski definition) is 0. The summed E-state index contributed by atoms with van der Waals surface area (Å²) in [6.07, 6.45) is -2.85. The Hall–Kier alpha value is -3.41. The van der Waals surface area contributed by atoms with Crippen LogP contribution in [0.3, 0.4) is 0 Å². The predicted octanol–water partition coefficient (Wildman–Crippen LogP) is 3.30. The number of nitrogens with zero attached hydrogens (tertiary/aromatic N) is 3. The predicted molar refractivity (Wildman–Crippen MR) is 110 cm³/mol. The molecule has 0 amide bonds. The van der Waals surface area contributed by atoms with Crippen LogP contribution in [0.4, 0.5) is 23.2 Å². The number of carbonyl (C=O) groups excluding carboxylic acids is 2. The van der Waals surface area contributed by atoms with Crippen LogP contribution in [0.1, 0.15) is 29.8 Å². The van der Waals surface area contributed by atoms with Gasteiger partial charge in [0.15, 0.2) is 5.69 Å². The number of alkyl halides is 3. The summed E-state index contributed by atoms with van der Waals surface area (Å²) in [5.41, 5.74) is -0.897. The van der Waals surface area contributed by atoms with E-state index in [2.05, 4.69) is 5.10 Å². The van der Waals surface area contributed by atoms with Crippen LogP contribution in [0.25, 0.3) is 5.69 Å². The van der Waals surface area contributed by atoms with Gasteiger partial charge in [-0.2, -0.15) is 18.3 Å². The van der Waals surface area contributed by atoms with E-state index in [1.807, 2.05) is 0 Å². The fraction of sp³-hybridized carbons (Fsp3) is 0.409. The molecule has 2 aliphatic rings. The van der Waals surface area contributed by atoms with Crippen LogP contribution in [-0.4, -0.2) is 49.3 Å². The van der Waals surface area contributed by atoms with Crippen molar-refractivity contribution in [2.75, 3.05) is 32.5 Å². The van der Waals surface area contributed by atoms with E-state index in [-0.39, 0.29) is 48.0 Å². The van der Waals surface area contributed by atoms with Gasteiger partial charge in [0.2, 0.25) is 0 Å². The number of carbonyl (C=O) groups is 2. The molecule has 1 aromatic carbocycles. The van der Waals surface area contributed by atoms with Crippen molar-refractivity contribution in [1.29, 1.82) is 0 Å². The number of rotatable bonds is 4. The fourth-order valence-electron chi connectivity index (χ4n) is 4.25. The summed E-state index contributed by atoms with van der Waals surface area (Å²) in [7, 11) is 2.22. The van der Waals surface area contributed by atoms with E-state index in [1.54, 1.807) is 0 Å². The molecular weight excluding hydrogens is 462 g/mol. The van der Waals surface area contributed by atoms with Gasteiger partial charge in [0.25, 0.3) is 0 Å². The zero-order chi connectivity index (χ0) is 24.6. The lowest BCUT2D eigenvalue weighted by Crippen LogP contribution is -2.39.